The molecule has 0 radical (unpaired) electrons. The number of nitrogens with zero attached hydrogens (tertiary/aromatic N) is 2. The maximum atomic E-state index is 11.8. The van der Waals surface area contributed by atoms with Crippen LogP contribution >= 0.6 is 11.8 Å². The lowest BCUT2D eigenvalue weighted by atomic mass is 10.2. The van der Waals surface area contributed by atoms with Crippen LogP contribution in [-0.2, 0) is 4.79 Å². The zero-order valence-electron chi connectivity index (χ0n) is 11.2. The second-order valence-electron chi connectivity index (χ2n) is 5.09. The summed E-state index contributed by atoms with van der Waals surface area (Å²) in [6, 6.07) is 0. The Bertz CT molecular complexity index is 263. The summed E-state index contributed by atoms with van der Waals surface area (Å²) in [4.78, 5) is 14.1. The number of hydrogen-bond donors (Lipinski definition) is 2. The minimum Gasteiger partial charge on any atom is -0.317 e. The van der Waals surface area contributed by atoms with Gasteiger partial charge in [0.1, 0.15) is 0 Å². The number of piperidine rings is 1. The normalized spacial score (nSPS) is 24.1. The lowest BCUT2D eigenvalue weighted by molar-refractivity contribution is -0.124. The van der Waals surface area contributed by atoms with E-state index in [2.05, 4.69) is 22.7 Å². The van der Waals surface area contributed by atoms with Crippen molar-refractivity contribution >= 4 is 17.7 Å². The molecule has 0 aromatic rings. The minimum atomic E-state index is 0.156. The molecular weight excluding hydrogens is 248 g/mol. The van der Waals surface area contributed by atoms with Crippen LogP contribution in [0.5, 0.6) is 0 Å². The molecule has 0 unspecified atom stereocenters. The van der Waals surface area contributed by atoms with Crippen molar-refractivity contribution in [2.24, 2.45) is 0 Å². The molecule has 0 spiro atoms. The fourth-order valence-electron chi connectivity index (χ4n) is 2.28. The van der Waals surface area contributed by atoms with E-state index in [0.717, 1.165) is 39.3 Å². The average Bonchev–Trinajstić information content (AvgIpc) is 2.40. The zero-order chi connectivity index (χ0) is 12.8. The Kier molecular flexibility index (Phi) is 5.75. The highest BCUT2D eigenvalue weighted by Gasteiger charge is 2.18. The van der Waals surface area contributed by atoms with Crippen molar-refractivity contribution in [3.63, 3.8) is 0 Å². The number of hydrazine groups is 1. The SMILES string of the molecule is CN1CCN(NC(=O)CSC2CCNCC2)CC1. The molecule has 2 fully saturated rings. The molecule has 0 aromatic carbocycles. The summed E-state index contributed by atoms with van der Waals surface area (Å²) >= 11 is 1.81. The van der Waals surface area contributed by atoms with E-state index in [1.54, 1.807) is 11.8 Å². The quantitative estimate of drug-likeness (QED) is 0.739. The Hall–Kier alpha value is -0.300. The average molecular weight is 272 g/mol. The maximum Gasteiger partial charge on any atom is 0.244 e. The van der Waals surface area contributed by atoms with E-state index in [0.29, 0.717) is 11.0 Å². The third kappa shape index (κ3) is 4.76. The summed E-state index contributed by atoms with van der Waals surface area (Å²) in [6.07, 6.45) is 2.37. The first-order chi connectivity index (χ1) is 8.74. The number of nitrogens with one attached hydrogen (secondary N) is 2. The molecule has 104 valence electrons. The number of rotatable bonds is 4. The van der Waals surface area contributed by atoms with Crippen LogP contribution in [0, 0.1) is 0 Å². The number of carbonyl (C=O) groups excluding carboxylic acids is 1. The fraction of sp³-hybridized carbons (Fsp3) is 0.917. The monoisotopic (exact) mass is 272 g/mol. The molecule has 2 N–H and O–H groups in total. The predicted molar refractivity (Wildman–Crippen MR) is 75.6 cm³/mol. The fourth-order valence-corrected chi connectivity index (χ4v) is 3.30. The van der Waals surface area contributed by atoms with Crippen LogP contribution < -0.4 is 10.7 Å². The number of piperazine rings is 1. The first kappa shape index (κ1) is 14.1. The van der Waals surface area contributed by atoms with Gasteiger partial charge in [0.15, 0.2) is 0 Å². The summed E-state index contributed by atoms with van der Waals surface area (Å²) in [5.74, 6) is 0.750. The Morgan fingerprint density at radius 1 is 1.28 bits per heavy atom. The third-order valence-electron chi connectivity index (χ3n) is 3.52. The summed E-state index contributed by atoms with van der Waals surface area (Å²) in [6.45, 7) is 6.11. The highest BCUT2D eigenvalue weighted by molar-refractivity contribution is 8.00. The number of amides is 1. The van der Waals surface area contributed by atoms with Gasteiger partial charge in [-0.2, -0.15) is 0 Å². The summed E-state index contributed by atoms with van der Waals surface area (Å²) in [5, 5.41) is 6.05. The Balaban J connectivity index is 1.59. The molecule has 0 atom stereocenters. The molecule has 6 heteroatoms. The Morgan fingerprint density at radius 3 is 2.61 bits per heavy atom. The van der Waals surface area contributed by atoms with Gasteiger partial charge in [-0.3, -0.25) is 10.2 Å². The molecule has 2 aliphatic rings. The van der Waals surface area contributed by atoms with Crippen molar-refractivity contribution in [2.45, 2.75) is 18.1 Å². The van der Waals surface area contributed by atoms with Crippen LogP contribution in [0.25, 0.3) is 0 Å². The predicted octanol–water partition coefficient (Wildman–Crippen LogP) is -0.250. The van der Waals surface area contributed by atoms with Crippen molar-refractivity contribution in [1.82, 2.24) is 20.7 Å². The molecule has 2 saturated heterocycles. The van der Waals surface area contributed by atoms with E-state index in [-0.39, 0.29) is 5.91 Å². The van der Waals surface area contributed by atoms with E-state index in [1.807, 2.05) is 5.01 Å². The second-order valence-corrected chi connectivity index (χ2v) is 6.37. The van der Waals surface area contributed by atoms with Crippen molar-refractivity contribution in [3.05, 3.63) is 0 Å². The van der Waals surface area contributed by atoms with Crippen LogP contribution in [0.1, 0.15) is 12.8 Å². The smallest absolute Gasteiger partial charge is 0.244 e. The van der Waals surface area contributed by atoms with Gasteiger partial charge in [0, 0.05) is 31.4 Å². The highest BCUT2D eigenvalue weighted by atomic mass is 32.2. The highest BCUT2D eigenvalue weighted by Crippen LogP contribution is 2.19. The first-order valence-corrected chi connectivity index (χ1v) is 7.84. The minimum absolute atomic E-state index is 0.156. The number of thioether (sulfide) groups is 1. The summed E-state index contributed by atoms with van der Waals surface area (Å²) in [5.41, 5.74) is 3.01. The lowest BCUT2D eigenvalue weighted by Gasteiger charge is -2.32. The van der Waals surface area contributed by atoms with Gasteiger partial charge in [0.05, 0.1) is 5.75 Å². The van der Waals surface area contributed by atoms with Crippen LogP contribution in [0.3, 0.4) is 0 Å². The van der Waals surface area contributed by atoms with E-state index >= 15 is 0 Å². The number of carbonyl (C=O) groups is 1. The zero-order valence-corrected chi connectivity index (χ0v) is 12.0. The molecule has 0 aliphatic carbocycles. The Labute approximate surface area is 114 Å². The van der Waals surface area contributed by atoms with Crippen LogP contribution in [-0.4, -0.2) is 73.1 Å². The van der Waals surface area contributed by atoms with Gasteiger partial charge >= 0.3 is 0 Å². The standard InChI is InChI=1S/C12H24N4OS/c1-15-6-8-16(9-7-15)14-12(17)10-18-11-2-4-13-5-3-11/h11,13H,2-10H2,1H3,(H,14,17). The van der Waals surface area contributed by atoms with Crippen molar-refractivity contribution in [3.8, 4) is 0 Å². The molecule has 5 nitrogen and oxygen atoms in total. The molecule has 2 heterocycles. The molecule has 2 aliphatic heterocycles. The van der Waals surface area contributed by atoms with Crippen LogP contribution in [0.15, 0.2) is 0 Å². The molecule has 0 saturated carbocycles. The van der Waals surface area contributed by atoms with Crippen molar-refractivity contribution in [1.29, 1.82) is 0 Å². The van der Waals surface area contributed by atoms with E-state index in [1.165, 1.54) is 12.8 Å². The number of likely N-dealkylation sites (N-methyl/N-ethyl adjacent to an activating group) is 1. The third-order valence-corrected chi connectivity index (χ3v) is 4.89. The van der Waals surface area contributed by atoms with E-state index < -0.39 is 0 Å². The van der Waals surface area contributed by atoms with Crippen molar-refractivity contribution in [2.75, 3.05) is 52.1 Å². The number of hydrogen-bond acceptors (Lipinski definition) is 5. The topological polar surface area (TPSA) is 47.6 Å². The van der Waals surface area contributed by atoms with Crippen LogP contribution in [0.4, 0.5) is 0 Å². The molecule has 0 aromatic heterocycles. The molecule has 1 amide bonds. The van der Waals surface area contributed by atoms with Gasteiger partial charge in [-0.1, -0.05) is 0 Å². The van der Waals surface area contributed by atoms with Gasteiger partial charge in [0.2, 0.25) is 5.91 Å². The molecule has 0 bridgehead atoms. The first-order valence-electron chi connectivity index (χ1n) is 6.79. The lowest BCUT2D eigenvalue weighted by Crippen LogP contribution is -2.53. The van der Waals surface area contributed by atoms with Crippen molar-refractivity contribution < 1.29 is 4.79 Å². The Morgan fingerprint density at radius 2 is 1.94 bits per heavy atom. The van der Waals surface area contributed by atoms with Crippen LogP contribution in [0.2, 0.25) is 0 Å². The summed E-state index contributed by atoms with van der Waals surface area (Å²) in [7, 11) is 2.12. The maximum absolute atomic E-state index is 11.8. The summed E-state index contributed by atoms with van der Waals surface area (Å²) < 4.78 is 0. The molecule has 18 heavy (non-hydrogen) atoms. The largest absolute Gasteiger partial charge is 0.317 e. The van der Waals surface area contributed by atoms with E-state index in [4.69, 9.17) is 0 Å². The van der Waals surface area contributed by atoms with Gasteiger partial charge in [-0.15, -0.1) is 11.8 Å². The van der Waals surface area contributed by atoms with Gasteiger partial charge in [0.25, 0.3) is 0 Å². The van der Waals surface area contributed by atoms with Gasteiger partial charge < -0.3 is 10.2 Å². The molecule has 2 rings (SSSR count). The van der Waals surface area contributed by atoms with Gasteiger partial charge in [-0.05, 0) is 33.0 Å². The van der Waals surface area contributed by atoms with E-state index in [9.17, 15) is 4.79 Å². The molecular formula is C12H24N4OS. The van der Waals surface area contributed by atoms with Gasteiger partial charge in [-0.25, -0.2) is 5.01 Å². The second kappa shape index (κ2) is 7.33.